The first-order valence-corrected chi connectivity index (χ1v) is 5.57. The lowest BCUT2D eigenvalue weighted by atomic mass is 10.2. The molecule has 2 rings (SSSR count). The molecule has 17 heavy (non-hydrogen) atoms. The Kier molecular flexibility index (Phi) is 3.19. The van der Waals surface area contributed by atoms with Crippen LogP contribution in [0.3, 0.4) is 0 Å². The van der Waals surface area contributed by atoms with Crippen molar-refractivity contribution in [2.24, 2.45) is 0 Å². The summed E-state index contributed by atoms with van der Waals surface area (Å²) in [6, 6.07) is 15.9. The Hall–Kier alpha value is -2.16. The van der Waals surface area contributed by atoms with Crippen LogP contribution < -0.4 is 16.4 Å². The number of anilines is 3. The summed E-state index contributed by atoms with van der Waals surface area (Å²) in [6.45, 7) is 0.828. The quantitative estimate of drug-likeness (QED) is 0.792. The molecule has 0 unspecified atom stereocenters. The van der Waals surface area contributed by atoms with E-state index in [1.54, 1.807) is 6.07 Å². The number of nitrogens with two attached hydrogens (primary N) is 2. The van der Waals surface area contributed by atoms with Gasteiger partial charge in [-0.15, -0.1) is 0 Å². The van der Waals surface area contributed by atoms with E-state index in [1.165, 1.54) is 5.56 Å². The van der Waals surface area contributed by atoms with Gasteiger partial charge in [0.25, 0.3) is 0 Å². The molecule has 0 fully saturated rings. The Morgan fingerprint density at radius 1 is 1.00 bits per heavy atom. The van der Waals surface area contributed by atoms with Gasteiger partial charge in [0, 0.05) is 19.3 Å². The third-order valence-corrected chi connectivity index (χ3v) is 2.73. The lowest BCUT2D eigenvalue weighted by Gasteiger charge is -2.21. The van der Waals surface area contributed by atoms with Gasteiger partial charge in [-0.3, -0.25) is 0 Å². The summed E-state index contributed by atoms with van der Waals surface area (Å²) in [5.41, 5.74) is 15.3. The minimum atomic E-state index is 0.694. The van der Waals surface area contributed by atoms with E-state index in [0.717, 1.165) is 12.2 Å². The largest absolute Gasteiger partial charge is 0.399 e. The van der Waals surface area contributed by atoms with Gasteiger partial charge in [-0.1, -0.05) is 30.3 Å². The molecule has 3 nitrogen and oxygen atoms in total. The number of benzene rings is 2. The minimum absolute atomic E-state index is 0.694. The van der Waals surface area contributed by atoms with Gasteiger partial charge in [0.2, 0.25) is 0 Å². The first-order chi connectivity index (χ1) is 8.16. The molecular weight excluding hydrogens is 210 g/mol. The van der Waals surface area contributed by atoms with Crippen LogP contribution in [0.4, 0.5) is 17.1 Å². The molecule has 0 radical (unpaired) electrons. The highest BCUT2D eigenvalue weighted by Gasteiger charge is 2.05. The third-order valence-electron chi connectivity index (χ3n) is 2.73. The van der Waals surface area contributed by atoms with Crippen molar-refractivity contribution in [3.8, 4) is 0 Å². The Balaban J connectivity index is 2.17. The Morgan fingerprint density at radius 2 is 1.71 bits per heavy atom. The van der Waals surface area contributed by atoms with E-state index >= 15 is 0 Å². The molecular formula is C14H17N3. The first kappa shape index (κ1) is 11.3. The van der Waals surface area contributed by atoms with E-state index in [0.29, 0.717) is 11.4 Å². The third kappa shape index (κ3) is 2.69. The average molecular weight is 227 g/mol. The van der Waals surface area contributed by atoms with E-state index in [4.69, 9.17) is 11.5 Å². The summed E-state index contributed by atoms with van der Waals surface area (Å²) in [6.07, 6.45) is 0. The van der Waals surface area contributed by atoms with Crippen molar-refractivity contribution >= 4 is 17.1 Å². The van der Waals surface area contributed by atoms with Crippen molar-refractivity contribution in [3.05, 3.63) is 54.1 Å². The summed E-state index contributed by atoms with van der Waals surface area (Å²) >= 11 is 0. The van der Waals surface area contributed by atoms with E-state index in [1.807, 2.05) is 37.4 Å². The molecule has 0 aliphatic heterocycles. The lowest BCUT2D eigenvalue weighted by Crippen LogP contribution is -2.17. The molecule has 0 saturated heterocycles. The Bertz CT molecular complexity index is 494. The molecule has 0 aliphatic rings. The summed E-state index contributed by atoms with van der Waals surface area (Å²) in [4.78, 5) is 2.12. The van der Waals surface area contributed by atoms with Crippen LogP contribution in [0, 0.1) is 0 Å². The number of nitrogen functional groups attached to an aromatic ring is 2. The summed E-state index contributed by atoms with van der Waals surface area (Å²) in [5, 5.41) is 0. The predicted molar refractivity (Wildman–Crippen MR) is 73.8 cm³/mol. The molecule has 0 atom stereocenters. The molecule has 4 N–H and O–H groups in total. The SMILES string of the molecule is CN(Cc1ccccc1)c1ccc(N)cc1N. The fourth-order valence-corrected chi connectivity index (χ4v) is 1.86. The van der Waals surface area contributed by atoms with Crippen molar-refractivity contribution < 1.29 is 0 Å². The molecule has 0 bridgehead atoms. The second kappa shape index (κ2) is 4.78. The van der Waals surface area contributed by atoms with E-state index in [2.05, 4.69) is 17.0 Å². The van der Waals surface area contributed by atoms with Crippen molar-refractivity contribution in [1.29, 1.82) is 0 Å². The number of hydrogen-bond acceptors (Lipinski definition) is 3. The summed E-state index contributed by atoms with van der Waals surface area (Å²) < 4.78 is 0. The van der Waals surface area contributed by atoms with Crippen molar-refractivity contribution in [2.45, 2.75) is 6.54 Å². The van der Waals surface area contributed by atoms with Gasteiger partial charge in [0.1, 0.15) is 0 Å². The van der Waals surface area contributed by atoms with Crippen LogP contribution in [-0.4, -0.2) is 7.05 Å². The highest BCUT2D eigenvalue weighted by atomic mass is 15.1. The average Bonchev–Trinajstić information content (AvgIpc) is 2.30. The molecule has 2 aromatic carbocycles. The van der Waals surface area contributed by atoms with Crippen molar-refractivity contribution in [1.82, 2.24) is 0 Å². The zero-order chi connectivity index (χ0) is 12.3. The van der Waals surface area contributed by atoms with E-state index in [-0.39, 0.29) is 0 Å². The van der Waals surface area contributed by atoms with Gasteiger partial charge < -0.3 is 16.4 Å². The smallest absolute Gasteiger partial charge is 0.0601 e. The fourth-order valence-electron chi connectivity index (χ4n) is 1.86. The van der Waals surface area contributed by atoms with Crippen LogP contribution in [0.25, 0.3) is 0 Å². The van der Waals surface area contributed by atoms with Crippen LogP contribution >= 0.6 is 0 Å². The maximum absolute atomic E-state index is 5.95. The predicted octanol–water partition coefficient (Wildman–Crippen LogP) is 2.49. The van der Waals surface area contributed by atoms with Crippen LogP contribution in [0.5, 0.6) is 0 Å². The standard InChI is InChI=1S/C14H17N3/c1-17(10-11-5-3-2-4-6-11)14-8-7-12(15)9-13(14)16/h2-9H,10,15-16H2,1H3. The molecule has 88 valence electrons. The molecule has 0 heterocycles. The van der Waals surface area contributed by atoms with Gasteiger partial charge in [0.15, 0.2) is 0 Å². The minimum Gasteiger partial charge on any atom is -0.399 e. The number of rotatable bonds is 3. The zero-order valence-corrected chi connectivity index (χ0v) is 9.93. The highest BCUT2D eigenvalue weighted by molar-refractivity contribution is 5.71. The number of nitrogens with zero attached hydrogens (tertiary/aromatic N) is 1. The maximum atomic E-state index is 5.95. The number of hydrogen-bond donors (Lipinski definition) is 2. The topological polar surface area (TPSA) is 55.3 Å². The van der Waals surface area contributed by atoms with Crippen LogP contribution in [0.15, 0.2) is 48.5 Å². The van der Waals surface area contributed by atoms with Crippen molar-refractivity contribution in [2.75, 3.05) is 23.4 Å². The van der Waals surface area contributed by atoms with Gasteiger partial charge >= 0.3 is 0 Å². The van der Waals surface area contributed by atoms with Crippen LogP contribution in [0.2, 0.25) is 0 Å². The van der Waals surface area contributed by atoms with Gasteiger partial charge in [-0.25, -0.2) is 0 Å². The molecule has 3 heteroatoms. The van der Waals surface area contributed by atoms with Gasteiger partial charge in [-0.05, 0) is 23.8 Å². The Labute approximate surface area is 102 Å². The fraction of sp³-hybridized carbons (Fsp3) is 0.143. The molecule has 2 aromatic rings. The van der Waals surface area contributed by atoms with Gasteiger partial charge in [0.05, 0.1) is 11.4 Å². The molecule has 0 saturated carbocycles. The normalized spacial score (nSPS) is 10.2. The second-order valence-corrected chi connectivity index (χ2v) is 4.16. The van der Waals surface area contributed by atoms with Crippen molar-refractivity contribution in [3.63, 3.8) is 0 Å². The highest BCUT2D eigenvalue weighted by Crippen LogP contribution is 2.25. The molecule has 0 spiro atoms. The second-order valence-electron chi connectivity index (χ2n) is 4.16. The molecule has 0 aliphatic carbocycles. The maximum Gasteiger partial charge on any atom is 0.0601 e. The Morgan fingerprint density at radius 3 is 2.35 bits per heavy atom. The lowest BCUT2D eigenvalue weighted by molar-refractivity contribution is 0.925. The monoisotopic (exact) mass is 227 g/mol. The van der Waals surface area contributed by atoms with Crippen LogP contribution in [-0.2, 0) is 6.54 Å². The van der Waals surface area contributed by atoms with Gasteiger partial charge in [-0.2, -0.15) is 0 Å². The summed E-state index contributed by atoms with van der Waals surface area (Å²) in [7, 11) is 2.02. The first-order valence-electron chi connectivity index (χ1n) is 5.57. The van der Waals surface area contributed by atoms with E-state index < -0.39 is 0 Å². The van der Waals surface area contributed by atoms with Crippen LogP contribution in [0.1, 0.15) is 5.56 Å². The molecule has 0 aromatic heterocycles. The molecule has 0 amide bonds. The zero-order valence-electron chi connectivity index (χ0n) is 9.93. The summed E-state index contributed by atoms with van der Waals surface area (Å²) in [5.74, 6) is 0. The van der Waals surface area contributed by atoms with E-state index in [9.17, 15) is 0 Å².